The largest absolute Gasteiger partial charge is 0.306 e. The fraction of sp³-hybridized carbons (Fsp3) is 0.231. The van der Waals surface area contributed by atoms with Crippen LogP contribution in [0.1, 0.15) is 41.8 Å². The zero-order chi connectivity index (χ0) is 20.8. The van der Waals surface area contributed by atoms with E-state index in [-0.39, 0.29) is 4.87 Å². The van der Waals surface area contributed by atoms with E-state index in [1.807, 2.05) is 0 Å². The standard InChI is InChI=1S/C26H23ClN4/c27-26(21-8-9-24-20(14-21)15-28-16-25-30-29-17-31(24)25)12-10-19(11-13-26)23-7-3-5-18-4-1-2-6-22(18)23/h1-10,14,17,28H,11-13,15-16H2. The highest BCUT2D eigenvalue weighted by atomic mass is 35.5. The highest BCUT2D eigenvalue weighted by molar-refractivity contribution is 6.24. The lowest BCUT2D eigenvalue weighted by molar-refractivity contribution is 0.554. The van der Waals surface area contributed by atoms with Crippen molar-refractivity contribution in [3.8, 4) is 5.69 Å². The van der Waals surface area contributed by atoms with Gasteiger partial charge in [0.15, 0.2) is 5.82 Å². The van der Waals surface area contributed by atoms with Crippen LogP contribution < -0.4 is 5.32 Å². The minimum atomic E-state index is -0.370. The minimum Gasteiger partial charge on any atom is -0.306 e. The summed E-state index contributed by atoms with van der Waals surface area (Å²) in [6.45, 7) is 1.52. The second-order valence-electron chi connectivity index (χ2n) is 8.49. The maximum absolute atomic E-state index is 7.24. The summed E-state index contributed by atoms with van der Waals surface area (Å²) in [5.74, 6) is 0.937. The number of hydrogen-bond donors (Lipinski definition) is 1. The predicted molar refractivity (Wildman–Crippen MR) is 125 cm³/mol. The molecule has 0 spiro atoms. The third-order valence-corrected chi connectivity index (χ3v) is 7.23. The molecule has 4 nitrogen and oxygen atoms in total. The number of benzene rings is 3. The van der Waals surface area contributed by atoms with Crippen LogP contribution in [0.3, 0.4) is 0 Å². The van der Waals surface area contributed by atoms with E-state index in [0.717, 1.165) is 37.3 Å². The number of hydrogen-bond acceptors (Lipinski definition) is 3. The Morgan fingerprint density at radius 2 is 1.90 bits per heavy atom. The monoisotopic (exact) mass is 426 g/mol. The molecule has 0 saturated carbocycles. The molecule has 1 aliphatic carbocycles. The van der Waals surface area contributed by atoms with Crippen molar-refractivity contribution in [1.82, 2.24) is 20.1 Å². The molecule has 1 N–H and O–H groups in total. The molecule has 0 fully saturated rings. The minimum absolute atomic E-state index is 0.370. The van der Waals surface area contributed by atoms with E-state index in [0.29, 0.717) is 6.54 Å². The first-order valence-electron chi connectivity index (χ1n) is 10.8. The van der Waals surface area contributed by atoms with Crippen molar-refractivity contribution in [2.45, 2.75) is 37.2 Å². The Labute approximate surface area is 186 Å². The van der Waals surface area contributed by atoms with Gasteiger partial charge in [-0.25, -0.2) is 0 Å². The van der Waals surface area contributed by atoms with Crippen LogP contribution in [0.4, 0.5) is 0 Å². The van der Waals surface area contributed by atoms with Crippen LogP contribution in [0.15, 0.2) is 73.1 Å². The highest BCUT2D eigenvalue weighted by Gasteiger charge is 2.33. The molecule has 0 saturated heterocycles. The van der Waals surface area contributed by atoms with Gasteiger partial charge in [-0.2, -0.15) is 0 Å². The Kier molecular flexibility index (Phi) is 4.44. The van der Waals surface area contributed by atoms with Gasteiger partial charge >= 0.3 is 0 Å². The van der Waals surface area contributed by atoms with Crippen LogP contribution in [-0.4, -0.2) is 14.8 Å². The predicted octanol–water partition coefficient (Wildman–Crippen LogP) is 5.73. The van der Waals surface area contributed by atoms with E-state index < -0.39 is 0 Å². The zero-order valence-corrected chi connectivity index (χ0v) is 17.9. The molecule has 0 amide bonds. The number of halogens is 1. The molecule has 1 aliphatic heterocycles. The molecular formula is C26H23ClN4. The van der Waals surface area contributed by atoms with Gasteiger partial charge in [-0.3, -0.25) is 4.57 Å². The van der Waals surface area contributed by atoms with Crippen molar-refractivity contribution in [1.29, 1.82) is 0 Å². The van der Waals surface area contributed by atoms with Gasteiger partial charge < -0.3 is 5.32 Å². The smallest absolute Gasteiger partial charge is 0.151 e. The second-order valence-corrected chi connectivity index (χ2v) is 9.21. The molecule has 2 aliphatic rings. The van der Waals surface area contributed by atoms with Gasteiger partial charge in [0.2, 0.25) is 0 Å². The van der Waals surface area contributed by atoms with E-state index in [1.54, 1.807) is 6.33 Å². The molecule has 0 radical (unpaired) electrons. The summed E-state index contributed by atoms with van der Waals surface area (Å²) in [4.78, 5) is -0.370. The van der Waals surface area contributed by atoms with Gasteiger partial charge in [0, 0.05) is 6.54 Å². The number of nitrogens with zero attached hydrogens (tertiary/aromatic N) is 3. The lowest BCUT2D eigenvalue weighted by Crippen LogP contribution is -2.22. The van der Waals surface area contributed by atoms with Gasteiger partial charge in [-0.05, 0) is 58.4 Å². The summed E-state index contributed by atoms with van der Waals surface area (Å²) in [5, 5.41) is 14.3. The highest BCUT2D eigenvalue weighted by Crippen LogP contribution is 2.46. The van der Waals surface area contributed by atoms with Crippen molar-refractivity contribution >= 4 is 27.9 Å². The molecule has 6 rings (SSSR count). The zero-order valence-electron chi connectivity index (χ0n) is 17.2. The summed E-state index contributed by atoms with van der Waals surface area (Å²) in [5.41, 5.74) is 6.30. The Morgan fingerprint density at radius 3 is 2.81 bits per heavy atom. The lowest BCUT2D eigenvalue weighted by atomic mass is 9.80. The summed E-state index contributed by atoms with van der Waals surface area (Å²) in [7, 11) is 0. The quantitative estimate of drug-likeness (QED) is 0.416. The van der Waals surface area contributed by atoms with Gasteiger partial charge in [-0.1, -0.05) is 60.7 Å². The van der Waals surface area contributed by atoms with Crippen LogP contribution in [0.5, 0.6) is 0 Å². The van der Waals surface area contributed by atoms with Crippen LogP contribution in [0, 0.1) is 0 Å². The molecule has 4 aromatic rings. The third kappa shape index (κ3) is 3.18. The van der Waals surface area contributed by atoms with Crippen LogP contribution in [-0.2, 0) is 18.0 Å². The Bertz CT molecular complexity index is 1320. The van der Waals surface area contributed by atoms with E-state index in [1.165, 1.54) is 33.0 Å². The molecule has 1 unspecified atom stereocenters. The maximum atomic E-state index is 7.24. The van der Waals surface area contributed by atoms with Crippen molar-refractivity contribution in [2.75, 3.05) is 0 Å². The normalized spacial score (nSPS) is 20.6. The van der Waals surface area contributed by atoms with Gasteiger partial charge in [-0.15, -0.1) is 21.8 Å². The third-order valence-electron chi connectivity index (χ3n) is 6.67. The van der Waals surface area contributed by atoms with Crippen molar-refractivity contribution in [2.24, 2.45) is 0 Å². The number of fused-ring (bicyclic) bond motifs is 4. The Hall–Kier alpha value is -2.95. The Morgan fingerprint density at radius 1 is 1.00 bits per heavy atom. The molecule has 1 aromatic heterocycles. The fourth-order valence-corrected chi connectivity index (χ4v) is 5.25. The number of rotatable bonds is 2. The van der Waals surface area contributed by atoms with Crippen LogP contribution in [0.2, 0.25) is 0 Å². The summed E-state index contributed by atoms with van der Waals surface area (Å²) in [6.07, 6.45) is 6.87. The van der Waals surface area contributed by atoms with E-state index >= 15 is 0 Å². The number of aromatic nitrogens is 3. The summed E-state index contributed by atoms with van der Waals surface area (Å²) in [6, 6.07) is 21.8. The Balaban J connectivity index is 1.33. The molecule has 0 bridgehead atoms. The first-order valence-corrected chi connectivity index (χ1v) is 11.2. The first-order chi connectivity index (χ1) is 15.2. The summed E-state index contributed by atoms with van der Waals surface area (Å²) < 4.78 is 2.07. The average molecular weight is 427 g/mol. The van der Waals surface area contributed by atoms with E-state index in [9.17, 15) is 0 Å². The molecule has 3 aromatic carbocycles. The SMILES string of the molecule is ClC1(c2ccc3c(c2)CNCc2nncn2-3)CC=C(c2cccc3ccccc23)CC1. The molecular weight excluding hydrogens is 404 g/mol. The first kappa shape index (κ1) is 18.8. The average Bonchev–Trinajstić information content (AvgIpc) is 3.20. The topological polar surface area (TPSA) is 42.7 Å². The van der Waals surface area contributed by atoms with Crippen LogP contribution in [0.25, 0.3) is 22.0 Å². The van der Waals surface area contributed by atoms with Gasteiger partial charge in [0.05, 0.1) is 17.1 Å². The van der Waals surface area contributed by atoms with Crippen molar-refractivity contribution in [3.63, 3.8) is 0 Å². The van der Waals surface area contributed by atoms with E-state index in [2.05, 4.69) is 86.8 Å². The number of alkyl halides is 1. The number of nitrogens with one attached hydrogen (secondary N) is 1. The van der Waals surface area contributed by atoms with Crippen molar-refractivity contribution < 1.29 is 0 Å². The fourth-order valence-electron chi connectivity index (χ4n) is 4.96. The van der Waals surface area contributed by atoms with Crippen molar-refractivity contribution in [3.05, 3.63) is 95.6 Å². The second kappa shape index (κ2) is 7.33. The van der Waals surface area contributed by atoms with Crippen LogP contribution >= 0.6 is 11.6 Å². The molecule has 154 valence electrons. The number of allylic oxidation sites excluding steroid dienone is 2. The molecule has 1 atom stereocenters. The molecule has 2 heterocycles. The van der Waals surface area contributed by atoms with Gasteiger partial charge in [0.1, 0.15) is 6.33 Å². The van der Waals surface area contributed by atoms with E-state index in [4.69, 9.17) is 11.6 Å². The molecule has 5 heteroatoms. The summed E-state index contributed by atoms with van der Waals surface area (Å²) >= 11 is 7.24. The lowest BCUT2D eigenvalue weighted by Gasteiger charge is -2.32. The maximum Gasteiger partial charge on any atom is 0.151 e. The molecule has 31 heavy (non-hydrogen) atoms. The van der Waals surface area contributed by atoms with Gasteiger partial charge in [0.25, 0.3) is 0 Å².